The monoisotopic (exact) mass is 287 g/mol. The van der Waals surface area contributed by atoms with Gasteiger partial charge in [-0.25, -0.2) is 0 Å². The minimum absolute atomic E-state index is 0.118. The highest BCUT2D eigenvalue weighted by Gasteiger charge is 2.16. The Morgan fingerprint density at radius 1 is 0.409 bits per heavy atom. The number of para-hydroxylation sites is 3. The molecule has 108 valence electrons. The maximum Gasteiger partial charge on any atom is 0.496 e. The fourth-order valence-electron chi connectivity index (χ4n) is 2.21. The number of rotatable bonds is 6. The van der Waals surface area contributed by atoms with Gasteiger partial charge < -0.3 is 15.7 Å². The van der Waals surface area contributed by atoms with Crippen LogP contribution in [0.15, 0.2) is 91.0 Å². The van der Waals surface area contributed by atoms with E-state index in [1.54, 1.807) is 0 Å². The van der Waals surface area contributed by atoms with Crippen molar-refractivity contribution in [3.8, 4) is 0 Å². The van der Waals surface area contributed by atoms with E-state index < -0.39 is 0 Å². The lowest BCUT2D eigenvalue weighted by Gasteiger charge is -2.19. The Morgan fingerprint density at radius 2 is 0.682 bits per heavy atom. The molecule has 3 aromatic rings. The normalized spacial score (nSPS) is 9.82. The largest absolute Gasteiger partial charge is 0.496 e. The summed E-state index contributed by atoms with van der Waals surface area (Å²) in [4.78, 5) is 0. The van der Waals surface area contributed by atoms with Crippen LogP contribution in [0.3, 0.4) is 0 Å². The van der Waals surface area contributed by atoms with Crippen LogP contribution in [0.4, 0.5) is 17.1 Å². The molecule has 0 aliphatic rings. The van der Waals surface area contributed by atoms with Crippen LogP contribution in [0.5, 0.6) is 0 Å². The van der Waals surface area contributed by atoms with Crippen molar-refractivity contribution in [2.24, 2.45) is 0 Å². The predicted octanol–water partition coefficient (Wildman–Crippen LogP) is 4.31. The number of benzene rings is 3. The average molecular weight is 287 g/mol. The summed E-state index contributed by atoms with van der Waals surface area (Å²) in [6.07, 6.45) is 0. The van der Waals surface area contributed by atoms with Crippen molar-refractivity contribution in [1.29, 1.82) is 0 Å². The van der Waals surface area contributed by atoms with E-state index >= 15 is 0 Å². The van der Waals surface area contributed by atoms with E-state index in [0.29, 0.717) is 0 Å². The fraction of sp³-hybridized carbons (Fsp3) is 0. The summed E-state index contributed by atoms with van der Waals surface area (Å²) in [5.41, 5.74) is 3.16. The quantitative estimate of drug-likeness (QED) is 0.591. The number of nitrogens with one attached hydrogen (secondary N) is 3. The number of anilines is 3. The summed E-state index contributed by atoms with van der Waals surface area (Å²) in [5, 5.41) is 10.4. The third-order valence-corrected chi connectivity index (χ3v) is 3.25. The molecule has 0 bridgehead atoms. The average Bonchev–Trinajstić information content (AvgIpc) is 2.57. The summed E-state index contributed by atoms with van der Waals surface area (Å²) in [6, 6.07) is 30.4. The molecule has 0 saturated carbocycles. The molecule has 0 amide bonds. The van der Waals surface area contributed by atoms with Crippen LogP contribution < -0.4 is 15.7 Å². The molecular formula is C18H18BN3. The Morgan fingerprint density at radius 3 is 0.955 bits per heavy atom. The Labute approximate surface area is 131 Å². The Kier molecular flexibility index (Phi) is 4.62. The van der Waals surface area contributed by atoms with Crippen LogP contribution in [0.2, 0.25) is 0 Å². The lowest BCUT2D eigenvalue weighted by atomic mass is 9.91. The molecule has 0 atom stereocenters. The molecule has 0 unspecified atom stereocenters. The van der Waals surface area contributed by atoms with Crippen LogP contribution in [0.25, 0.3) is 0 Å². The second-order valence-electron chi connectivity index (χ2n) is 4.96. The third-order valence-electron chi connectivity index (χ3n) is 3.25. The molecule has 22 heavy (non-hydrogen) atoms. The van der Waals surface area contributed by atoms with Crippen LogP contribution in [0.1, 0.15) is 0 Å². The number of hydrogen-bond acceptors (Lipinski definition) is 3. The van der Waals surface area contributed by atoms with E-state index in [-0.39, 0.29) is 7.12 Å². The van der Waals surface area contributed by atoms with E-state index in [1.807, 2.05) is 91.0 Å². The molecule has 3 N–H and O–H groups in total. The van der Waals surface area contributed by atoms with Crippen LogP contribution in [-0.4, -0.2) is 7.12 Å². The summed E-state index contributed by atoms with van der Waals surface area (Å²) < 4.78 is 0. The van der Waals surface area contributed by atoms with Crippen molar-refractivity contribution in [1.82, 2.24) is 0 Å². The van der Waals surface area contributed by atoms with Gasteiger partial charge in [-0.3, -0.25) is 0 Å². The van der Waals surface area contributed by atoms with Crippen LogP contribution in [-0.2, 0) is 0 Å². The maximum absolute atomic E-state index is 3.45. The summed E-state index contributed by atoms with van der Waals surface area (Å²) in [7, 11) is -0.118. The van der Waals surface area contributed by atoms with E-state index in [2.05, 4.69) is 15.7 Å². The molecule has 0 spiro atoms. The molecule has 0 aliphatic heterocycles. The van der Waals surface area contributed by atoms with Crippen molar-refractivity contribution in [2.45, 2.75) is 0 Å². The number of hydrogen-bond donors (Lipinski definition) is 3. The molecule has 3 rings (SSSR count). The molecule has 3 aromatic carbocycles. The molecule has 0 radical (unpaired) electrons. The zero-order chi connectivity index (χ0) is 15.0. The first-order valence-electron chi connectivity index (χ1n) is 7.35. The molecule has 0 saturated heterocycles. The van der Waals surface area contributed by atoms with Gasteiger partial charge in [0.15, 0.2) is 0 Å². The van der Waals surface area contributed by atoms with Gasteiger partial charge in [-0.1, -0.05) is 54.6 Å². The lowest BCUT2D eigenvalue weighted by Crippen LogP contribution is -2.42. The third kappa shape index (κ3) is 4.06. The highest BCUT2D eigenvalue weighted by atomic mass is 15.1. The van der Waals surface area contributed by atoms with E-state index in [1.165, 1.54) is 0 Å². The SMILES string of the molecule is c1ccc(NB(Nc2ccccc2)Nc2ccccc2)cc1. The van der Waals surface area contributed by atoms with Gasteiger partial charge in [0.2, 0.25) is 0 Å². The summed E-state index contributed by atoms with van der Waals surface area (Å²) in [5.74, 6) is 0. The van der Waals surface area contributed by atoms with Gasteiger partial charge in [0, 0.05) is 17.1 Å². The minimum atomic E-state index is -0.118. The standard InChI is InChI=1S/C18H18BN3/c1-4-10-16(11-5-1)20-19(21-17-12-6-2-7-13-17)22-18-14-8-3-9-15-18/h1-15,20-22H. The van der Waals surface area contributed by atoms with Gasteiger partial charge in [-0.15, -0.1) is 0 Å². The smallest absolute Gasteiger partial charge is 0.390 e. The van der Waals surface area contributed by atoms with E-state index in [0.717, 1.165) is 17.1 Å². The first-order valence-corrected chi connectivity index (χ1v) is 7.35. The summed E-state index contributed by atoms with van der Waals surface area (Å²) in [6.45, 7) is 0. The van der Waals surface area contributed by atoms with Gasteiger partial charge in [-0.05, 0) is 36.4 Å². The first kappa shape index (κ1) is 14.1. The molecule has 0 heterocycles. The maximum atomic E-state index is 3.45. The van der Waals surface area contributed by atoms with E-state index in [4.69, 9.17) is 0 Å². The minimum Gasteiger partial charge on any atom is -0.390 e. The van der Waals surface area contributed by atoms with Crippen molar-refractivity contribution < 1.29 is 0 Å². The fourth-order valence-corrected chi connectivity index (χ4v) is 2.21. The molecule has 0 aromatic heterocycles. The highest BCUT2D eigenvalue weighted by Crippen LogP contribution is 2.12. The van der Waals surface area contributed by atoms with Gasteiger partial charge in [-0.2, -0.15) is 0 Å². The Hall–Kier alpha value is -2.88. The Balaban J connectivity index is 1.75. The molecule has 4 heteroatoms. The zero-order valence-corrected chi connectivity index (χ0v) is 12.2. The molecule has 3 nitrogen and oxygen atoms in total. The van der Waals surface area contributed by atoms with Crippen molar-refractivity contribution in [2.75, 3.05) is 15.7 Å². The van der Waals surface area contributed by atoms with Crippen LogP contribution >= 0.6 is 0 Å². The zero-order valence-electron chi connectivity index (χ0n) is 12.2. The van der Waals surface area contributed by atoms with Gasteiger partial charge in [0.25, 0.3) is 0 Å². The predicted molar refractivity (Wildman–Crippen MR) is 95.9 cm³/mol. The Bertz CT molecular complexity index is 576. The second kappa shape index (κ2) is 7.22. The topological polar surface area (TPSA) is 36.1 Å². The molecule has 0 aliphatic carbocycles. The van der Waals surface area contributed by atoms with Crippen molar-refractivity contribution in [3.63, 3.8) is 0 Å². The molecular weight excluding hydrogens is 269 g/mol. The molecule has 0 fully saturated rings. The highest BCUT2D eigenvalue weighted by molar-refractivity contribution is 6.69. The van der Waals surface area contributed by atoms with Crippen LogP contribution in [0, 0.1) is 0 Å². The lowest BCUT2D eigenvalue weighted by molar-refractivity contribution is 1.56. The van der Waals surface area contributed by atoms with E-state index in [9.17, 15) is 0 Å². The summed E-state index contributed by atoms with van der Waals surface area (Å²) >= 11 is 0. The van der Waals surface area contributed by atoms with Gasteiger partial charge in [0.1, 0.15) is 0 Å². The van der Waals surface area contributed by atoms with Gasteiger partial charge in [0.05, 0.1) is 0 Å². The van der Waals surface area contributed by atoms with Gasteiger partial charge >= 0.3 is 7.12 Å². The van der Waals surface area contributed by atoms with Crippen molar-refractivity contribution in [3.05, 3.63) is 91.0 Å². The van der Waals surface area contributed by atoms with Crippen molar-refractivity contribution >= 4 is 24.2 Å². The first-order chi connectivity index (χ1) is 10.9. The second-order valence-corrected chi connectivity index (χ2v) is 4.96.